The molecule has 178 valence electrons. The highest BCUT2D eigenvalue weighted by molar-refractivity contribution is 7.80. The maximum atomic E-state index is 10.8. The summed E-state index contributed by atoms with van der Waals surface area (Å²) in [6.45, 7) is 4.17. The molecule has 0 amide bonds. The van der Waals surface area contributed by atoms with Gasteiger partial charge in [-0.3, -0.25) is 4.98 Å². The number of aromatic hydroxyl groups is 1. The number of methoxy groups -OCH3 is 1. The van der Waals surface area contributed by atoms with Gasteiger partial charge in [-0.05, 0) is 80.2 Å². The van der Waals surface area contributed by atoms with Crippen LogP contribution in [0, 0.1) is 13.8 Å². The maximum absolute atomic E-state index is 10.8. The first-order valence-electron chi connectivity index (χ1n) is 11.2. The van der Waals surface area contributed by atoms with Crippen LogP contribution in [0.2, 0.25) is 5.02 Å². The zero-order valence-corrected chi connectivity index (χ0v) is 21.1. The minimum absolute atomic E-state index is 0.104. The van der Waals surface area contributed by atoms with Crippen LogP contribution < -0.4 is 15.0 Å². The summed E-state index contributed by atoms with van der Waals surface area (Å²) < 4.78 is 7.65. The number of phenols is 1. The second-order valence-electron chi connectivity index (χ2n) is 8.49. The van der Waals surface area contributed by atoms with Crippen LogP contribution in [-0.2, 0) is 0 Å². The number of halogens is 1. The van der Waals surface area contributed by atoms with Crippen molar-refractivity contribution in [3.63, 3.8) is 0 Å². The minimum atomic E-state index is -0.271. The van der Waals surface area contributed by atoms with Crippen molar-refractivity contribution < 1.29 is 9.84 Å². The molecule has 0 saturated carbocycles. The number of pyridine rings is 1. The Bertz CT molecular complexity index is 1410. The fourth-order valence-corrected chi connectivity index (χ4v) is 5.36. The van der Waals surface area contributed by atoms with E-state index < -0.39 is 0 Å². The largest absolute Gasteiger partial charge is 0.506 e. The molecule has 4 aromatic rings. The molecule has 0 unspecified atom stereocenters. The van der Waals surface area contributed by atoms with E-state index in [-0.39, 0.29) is 17.8 Å². The lowest BCUT2D eigenvalue weighted by molar-refractivity contribution is 0.414. The van der Waals surface area contributed by atoms with Crippen molar-refractivity contribution in [1.82, 2.24) is 14.9 Å². The molecule has 2 atom stereocenters. The first-order chi connectivity index (χ1) is 16.9. The molecule has 2 N–H and O–H groups in total. The zero-order chi connectivity index (χ0) is 24.7. The normalized spacial score (nSPS) is 17.5. The van der Waals surface area contributed by atoms with E-state index in [1.54, 1.807) is 31.5 Å². The molecule has 1 fully saturated rings. The predicted octanol–water partition coefficient (Wildman–Crippen LogP) is 6.03. The van der Waals surface area contributed by atoms with Gasteiger partial charge in [0, 0.05) is 34.4 Å². The third kappa shape index (κ3) is 4.11. The predicted molar refractivity (Wildman–Crippen MR) is 143 cm³/mol. The number of hydrogen-bond acceptors (Lipinski definition) is 4. The molecule has 3 heterocycles. The lowest BCUT2D eigenvalue weighted by Gasteiger charge is -2.28. The van der Waals surface area contributed by atoms with Crippen LogP contribution in [0.1, 0.15) is 34.7 Å². The van der Waals surface area contributed by atoms with Crippen molar-refractivity contribution in [2.24, 2.45) is 0 Å². The number of rotatable bonds is 5. The molecule has 6 nitrogen and oxygen atoms in total. The fraction of sp³-hybridized carbons (Fsp3) is 0.185. The van der Waals surface area contributed by atoms with Gasteiger partial charge in [-0.25, -0.2) is 0 Å². The number of aromatic nitrogens is 2. The van der Waals surface area contributed by atoms with Crippen LogP contribution in [0.3, 0.4) is 0 Å². The molecule has 0 bridgehead atoms. The number of nitrogens with one attached hydrogen (secondary N) is 1. The number of aryl methyl sites for hydroxylation is 1. The maximum Gasteiger partial charge on any atom is 0.174 e. The summed E-state index contributed by atoms with van der Waals surface area (Å²) in [5.41, 5.74) is 5.59. The second kappa shape index (κ2) is 9.24. The van der Waals surface area contributed by atoms with Gasteiger partial charge in [0.15, 0.2) is 5.11 Å². The quantitative estimate of drug-likeness (QED) is 0.323. The van der Waals surface area contributed by atoms with Crippen molar-refractivity contribution in [2.45, 2.75) is 25.9 Å². The monoisotopic (exact) mass is 504 g/mol. The molecule has 1 aliphatic heterocycles. The van der Waals surface area contributed by atoms with Crippen LogP contribution in [-0.4, -0.2) is 26.9 Å². The van der Waals surface area contributed by atoms with Gasteiger partial charge < -0.3 is 24.6 Å². The van der Waals surface area contributed by atoms with Gasteiger partial charge >= 0.3 is 0 Å². The first kappa shape index (κ1) is 23.2. The molecule has 1 aliphatic rings. The van der Waals surface area contributed by atoms with Crippen LogP contribution in [0.4, 0.5) is 5.69 Å². The van der Waals surface area contributed by atoms with Crippen LogP contribution in [0.25, 0.3) is 5.69 Å². The zero-order valence-electron chi connectivity index (χ0n) is 19.6. The van der Waals surface area contributed by atoms with Crippen molar-refractivity contribution in [3.8, 4) is 17.2 Å². The second-order valence-corrected chi connectivity index (χ2v) is 9.32. The van der Waals surface area contributed by atoms with Crippen molar-refractivity contribution in [2.75, 3.05) is 12.0 Å². The molecule has 0 spiro atoms. The third-order valence-electron chi connectivity index (χ3n) is 6.40. The number of nitrogens with zero attached hydrogens (tertiary/aromatic N) is 3. The fourth-order valence-electron chi connectivity index (χ4n) is 4.85. The topological polar surface area (TPSA) is 62.5 Å². The number of thiocarbonyl (C=S) groups is 1. The summed E-state index contributed by atoms with van der Waals surface area (Å²) in [6, 6.07) is 20.5. The van der Waals surface area contributed by atoms with Crippen LogP contribution in [0.15, 0.2) is 72.9 Å². The molecule has 2 aromatic heterocycles. The van der Waals surface area contributed by atoms with E-state index >= 15 is 0 Å². The molecule has 8 heteroatoms. The summed E-state index contributed by atoms with van der Waals surface area (Å²) in [4.78, 5) is 6.56. The number of benzene rings is 2. The highest BCUT2D eigenvalue weighted by Crippen LogP contribution is 2.46. The Hall–Kier alpha value is -3.55. The Morgan fingerprint density at radius 3 is 2.63 bits per heavy atom. The minimum Gasteiger partial charge on any atom is -0.506 e. The van der Waals surface area contributed by atoms with Gasteiger partial charge in [-0.15, -0.1) is 0 Å². The van der Waals surface area contributed by atoms with Crippen molar-refractivity contribution >= 4 is 34.6 Å². The van der Waals surface area contributed by atoms with Crippen molar-refractivity contribution in [3.05, 3.63) is 101 Å². The van der Waals surface area contributed by atoms with Crippen LogP contribution >= 0.6 is 23.8 Å². The van der Waals surface area contributed by atoms with Gasteiger partial charge in [0.25, 0.3) is 0 Å². The van der Waals surface area contributed by atoms with Gasteiger partial charge in [-0.1, -0.05) is 23.7 Å². The number of ether oxygens (including phenoxy) is 1. The van der Waals surface area contributed by atoms with E-state index in [0.717, 1.165) is 34.1 Å². The molecule has 1 saturated heterocycles. The SMILES string of the molecule is COc1cccc(-n2c(C)cc([C@@H]3[C@H](c4ccccn4)NC(=S)N3c3cc(Cl)ccc3O)c2C)c1. The Morgan fingerprint density at radius 1 is 1.06 bits per heavy atom. The number of anilines is 1. The summed E-state index contributed by atoms with van der Waals surface area (Å²) in [6.07, 6.45) is 1.77. The number of hydrogen-bond donors (Lipinski definition) is 2. The number of phenolic OH excluding ortho intramolecular Hbond substituents is 1. The molecular weight excluding hydrogens is 480 g/mol. The van der Waals surface area contributed by atoms with Gasteiger partial charge in [-0.2, -0.15) is 0 Å². The lowest BCUT2D eigenvalue weighted by Crippen LogP contribution is -2.29. The van der Waals surface area contributed by atoms with E-state index in [9.17, 15) is 5.11 Å². The molecular formula is C27H25ClN4O2S. The average Bonchev–Trinajstić information content (AvgIpc) is 3.36. The summed E-state index contributed by atoms with van der Waals surface area (Å²) in [5, 5.41) is 15.2. The molecule has 35 heavy (non-hydrogen) atoms. The highest BCUT2D eigenvalue weighted by atomic mass is 35.5. The average molecular weight is 505 g/mol. The van der Waals surface area contributed by atoms with E-state index in [0.29, 0.717) is 15.8 Å². The van der Waals surface area contributed by atoms with E-state index in [1.165, 1.54) is 0 Å². The molecule has 0 aliphatic carbocycles. The highest BCUT2D eigenvalue weighted by Gasteiger charge is 2.43. The van der Waals surface area contributed by atoms with E-state index in [4.69, 9.17) is 28.6 Å². The van der Waals surface area contributed by atoms with Gasteiger partial charge in [0.2, 0.25) is 0 Å². The summed E-state index contributed by atoms with van der Waals surface area (Å²) in [5.74, 6) is 0.893. The van der Waals surface area contributed by atoms with Crippen LogP contribution in [0.5, 0.6) is 11.5 Å². The third-order valence-corrected chi connectivity index (χ3v) is 6.95. The van der Waals surface area contributed by atoms with Gasteiger partial charge in [0.1, 0.15) is 11.5 Å². The first-order valence-corrected chi connectivity index (χ1v) is 12.0. The lowest BCUT2D eigenvalue weighted by atomic mass is 9.96. The summed E-state index contributed by atoms with van der Waals surface area (Å²) >= 11 is 12.1. The molecule has 0 radical (unpaired) electrons. The Kier molecular flexibility index (Phi) is 6.13. The van der Waals surface area contributed by atoms with Crippen molar-refractivity contribution in [1.29, 1.82) is 0 Å². The molecule has 2 aromatic carbocycles. The smallest absolute Gasteiger partial charge is 0.174 e. The Balaban J connectivity index is 1.70. The molecule has 5 rings (SSSR count). The Labute approximate surface area is 214 Å². The van der Waals surface area contributed by atoms with E-state index in [1.807, 2.05) is 41.3 Å². The summed E-state index contributed by atoms with van der Waals surface area (Å²) in [7, 11) is 1.66. The Morgan fingerprint density at radius 2 is 1.89 bits per heavy atom. The van der Waals surface area contributed by atoms with Gasteiger partial charge in [0.05, 0.1) is 30.6 Å². The van der Waals surface area contributed by atoms with E-state index in [2.05, 4.69) is 40.8 Å². The standard InChI is InChI=1S/C27H25ClN4O2S/c1-16-13-21(17(2)31(16)19-7-6-8-20(15-19)34-3)26-25(22-9-4-5-12-29-22)30-27(35)32(26)23-14-18(28)10-11-24(23)33/h4-15,25-26,33H,1-3H3,(H,30,35)/t25-,26+/m0/s1.